The topological polar surface area (TPSA) is 89.9 Å². The van der Waals surface area contributed by atoms with Crippen molar-refractivity contribution < 1.29 is 29.0 Å². The number of aliphatic carboxylic acids is 1. The highest BCUT2D eigenvalue weighted by molar-refractivity contribution is 5.86. The van der Waals surface area contributed by atoms with Gasteiger partial charge in [0.25, 0.3) is 0 Å². The lowest BCUT2D eigenvalue weighted by atomic mass is 10.1. The fourth-order valence-corrected chi connectivity index (χ4v) is 3.06. The molecule has 0 atom stereocenters. The molecule has 0 fully saturated rings. The smallest absolute Gasteiger partial charge is 0.333 e. The highest BCUT2D eigenvalue weighted by Gasteiger charge is 2.03. The predicted molar refractivity (Wildman–Crippen MR) is 118 cm³/mol. The van der Waals surface area contributed by atoms with Crippen LogP contribution in [0.15, 0.2) is 12.2 Å². The van der Waals surface area contributed by atoms with Crippen molar-refractivity contribution in [3.05, 3.63) is 12.2 Å². The van der Waals surface area contributed by atoms with E-state index in [1.807, 2.05) is 0 Å². The Morgan fingerprint density at radius 3 is 1.50 bits per heavy atom. The second-order valence-corrected chi connectivity index (χ2v) is 7.98. The van der Waals surface area contributed by atoms with Crippen LogP contribution in [0.5, 0.6) is 0 Å². The van der Waals surface area contributed by atoms with Crippen molar-refractivity contribution in [3.8, 4) is 0 Å². The van der Waals surface area contributed by atoms with Crippen molar-refractivity contribution in [2.75, 3.05) is 13.2 Å². The van der Waals surface area contributed by atoms with Crippen molar-refractivity contribution in [1.29, 1.82) is 0 Å². The number of rotatable bonds is 21. The van der Waals surface area contributed by atoms with E-state index in [9.17, 15) is 14.4 Å². The van der Waals surface area contributed by atoms with Gasteiger partial charge in [-0.3, -0.25) is 9.59 Å². The molecule has 0 heterocycles. The van der Waals surface area contributed by atoms with Gasteiger partial charge in [0.1, 0.15) is 0 Å². The van der Waals surface area contributed by atoms with E-state index in [1.165, 1.54) is 12.8 Å². The minimum absolute atomic E-state index is 0.103. The maximum absolute atomic E-state index is 11.7. The first-order chi connectivity index (χ1) is 14.4. The highest BCUT2D eigenvalue weighted by Crippen LogP contribution is 2.11. The Labute approximate surface area is 182 Å². The SMILES string of the molecule is C=C(C)C(=O)OCCCCCCCCCCOC(=O)CCCCCCCCC(=O)O. The third kappa shape index (κ3) is 20.9. The Kier molecular flexibility index (Phi) is 19.2. The molecule has 0 bridgehead atoms. The molecule has 6 nitrogen and oxygen atoms in total. The van der Waals surface area contributed by atoms with Gasteiger partial charge in [0.05, 0.1) is 13.2 Å². The second-order valence-electron chi connectivity index (χ2n) is 7.98. The molecule has 0 aromatic heterocycles. The first-order valence-electron chi connectivity index (χ1n) is 11.6. The van der Waals surface area contributed by atoms with E-state index in [4.69, 9.17) is 14.6 Å². The summed E-state index contributed by atoms with van der Waals surface area (Å²) in [6, 6.07) is 0. The van der Waals surface area contributed by atoms with Crippen LogP contribution in [0, 0.1) is 0 Å². The Morgan fingerprint density at radius 1 is 0.633 bits per heavy atom. The Bertz CT molecular complexity index is 486. The first-order valence-corrected chi connectivity index (χ1v) is 11.6. The van der Waals surface area contributed by atoms with Crippen LogP contribution >= 0.6 is 0 Å². The summed E-state index contributed by atoms with van der Waals surface area (Å²) < 4.78 is 10.3. The average Bonchev–Trinajstić information content (AvgIpc) is 2.70. The van der Waals surface area contributed by atoms with E-state index in [0.29, 0.717) is 25.2 Å². The van der Waals surface area contributed by atoms with Crippen molar-refractivity contribution in [1.82, 2.24) is 0 Å². The van der Waals surface area contributed by atoms with E-state index >= 15 is 0 Å². The maximum atomic E-state index is 11.7. The van der Waals surface area contributed by atoms with Crippen molar-refractivity contribution in [3.63, 3.8) is 0 Å². The van der Waals surface area contributed by atoms with Crippen LogP contribution in [0.25, 0.3) is 0 Å². The van der Waals surface area contributed by atoms with Crippen LogP contribution in [0.3, 0.4) is 0 Å². The minimum atomic E-state index is -0.728. The summed E-state index contributed by atoms with van der Waals surface area (Å²) in [5.74, 6) is -1.14. The molecule has 0 amide bonds. The molecular weight excluding hydrogens is 384 g/mol. The fraction of sp³-hybridized carbons (Fsp3) is 0.792. The zero-order chi connectivity index (χ0) is 22.5. The monoisotopic (exact) mass is 426 g/mol. The lowest BCUT2D eigenvalue weighted by molar-refractivity contribution is -0.144. The lowest BCUT2D eigenvalue weighted by Gasteiger charge is -2.06. The minimum Gasteiger partial charge on any atom is -0.481 e. The lowest BCUT2D eigenvalue weighted by Crippen LogP contribution is -2.06. The van der Waals surface area contributed by atoms with Gasteiger partial charge in [-0.1, -0.05) is 70.8 Å². The summed E-state index contributed by atoms with van der Waals surface area (Å²) in [4.78, 5) is 33.3. The molecule has 1 N–H and O–H groups in total. The third-order valence-electron chi connectivity index (χ3n) is 4.90. The second kappa shape index (κ2) is 20.4. The molecule has 6 heteroatoms. The number of unbranched alkanes of at least 4 members (excludes halogenated alkanes) is 12. The summed E-state index contributed by atoms with van der Waals surface area (Å²) in [5, 5.41) is 8.56. The molecule has 0 aromatic carbocycles. The van der Waals surface area contributed by atoms with Crippen LogP contribution < -0.4 is 0 Å². The molecule has 0 aliphatic heterocycles. The highest BCUT2D eigenvalue weighted by atomic mass is 16.5. The summed E-state index contributed by atoms with van der Waals surface area (Å²) in [7, 11) is 0. The van der Waals surface area contributed by atoms with E-state index in [0.717, 1.165) is 77.0 Å². The van der Waals surface area contributed by atoms with Gasteiger partial charge >= 0.3 is 17.9 Å². The Hall–Kier alpha value is -1.85. The number of carboxylic acid groups (broad SMARTS) is 1. The van der Waals surface area contributed by atoms with E-state index in [-0.39, 0.29) is 18.4 Å². The quantitative estimate of drug-likeness (QED) is 0.138. The Morgan fingerprint density at radius 2 is 1.03 bits per heavy atom. The number of carbonyl (C=O) groups excluding carboxylic acids is 2. The number of hydrogen-bond acceptors (Lipinski definition) is 5. The maximum Gasteiger partial charge on any atom is 0.333 e. The van der Waals surface area contributed by atoms with Crippen molar-refractivity contribution in [2.24, 2.45) is 0 Å². The molecule has 0 aliphatic rings. The molecule has 0 saturated heterocycles. The van der Waals surface area contributed by atoms with Crippen LogP contribution in [0.1, 0.15) is 110 Å². The van der Waals surface area contributed by atoms with Gasteiger partial charge in [0, 0.05) is 18.4 Å². The predicted octanol–water partition coefficient (Wildman–Crippen LogP) is 5.98. The summed E-state index contributed by atoms with van der Waals surface area (Å²) in [5.41, 5.74) is 0.447. The van der Waals surface area contributed by atoms with E-state index in [2.05, 4.69) is 6.58 Å². The molecule has 0 rings (SSSR count). The van der Waals surface area contributed by atoms with Crippen molar-refractivity contribution in [2.45, 2.75) is 110 Å². The number of hydrogen-bond donors (Lipinski definition) is 1. The normalized spacial score (nSPS) is 10.6. The molecule has 0 aromatic rings. The number of esters is 2. The molecule has 30 heavy (non-hydrogen) atoms. The number of ether oxygens (including phenoxy) is 2. The van der Waals surface area contributed by atoms with E-state index < -0.39 is 5.97 Å². The summed E-state index contributed by atoms with van der Waals surface area (Å²) in [6.45, 7) is 6.20. The Balaban J connectivity index is 3.23. The van der Waals surface area contributed by atoms with Crippen LogP contribution in [0.2, 0.25) is 0 Å². The molecule has 0 saturated carbocycles. The first kappa shape index (κ1) is 28.1. The van der Waals surface area contributed by atoms with Gasteiger partial charge in [0.15, 0.2) is 0 Å². The van der Waals surface area contributed by atoms with Gasteiger partial charge in [-0.25, -0.2) is 4.79 Å². The number of carbonyl (C=O) groups is 3. The van der Waals surface area contributed by atoms with Gasteiger partial charge in [0.2, 0.25) is 0 Å². The van der Waals surface area contributed by atoms with Gasteiger partial charge in [-0.05, 0) is 32.6 Å². The van der Waals surface area contributed by atoms with Crippen LogP contribution in [0.4, 0.5) is 0 Å². The van der Waals surface area contributed by atoms with Crippen LogP contribution in [-0.4, -0.2) is 36.2 Å². The van der Waals surface area contributed by atoms with Gasteiger partial charge in [-0.15, -0.1) is 0 Å². The third-order valence-corrected chi connectivity index (χ3v) is 4.90. The summed E-state index contributed by atoms with van der Waals surface area (Å²) >= 11 is 0. The molecule has 0 spiro atoms. The number of carboxylic acids is 1. The van der Waals surface area contributed by atoms with Gasteiger partial charge in [-0.2, -0.15) is 0 Å². The van der Waals surface area contributed by atoms with Gasteiger partial charge < -0.3 is 14.6 Å². The zero-order valence-corrected chi connectivity index (χ0v) is 18.9. The molecular formula is C24H42O6. The standard InChI is InChI=1S/C24H42O6/c1-21(2)24(28)30-20-16-12-8-4-3-7-11-15-19-29-23(27)18-14-10-6-5-9-13-17-22(25)26/h1,3-20H2,2H3,(H,25,26). The molecule has 0 radical (unpaired) electrons. The largest absolute Gasteiger partial charge is 0.481 e. The van der Waals surface area contributed by atoms with Crippen molar-refractivity contribution >= 4 is 17.9 Å². The fourth-order valence-electron chi connectivity index (χ4n) is 3.06. The zero-order valence-electron chi connectivity index (χ0n) is 18.9. The van der Waals surface area contributed by atoms with Crippen LogP contribution in [-0.2, 0) is 23.9 Å². The molecule has 0 aliphatic carbocycles. The van der Waals surface area contributed by atoms with E-state index in [1.54, 1.807) is 6.92 Å². The summed E-state index contributed by atoms with van der Waals surface area (Å²) in [6.07, 6.45) is 15.0. The molecule has 0 unspecified atom stereocenters. The molecule has 174 valence electrons. The average molecular weight is 427 g/mol.